The van der Waals surface area contributed by atoms with Crippen LogP contribution < -0.4 is 4.74 Å². The number of phenols is 2. The molecule has 0 aromatic heterocycles. The van der Waals surface area contributed by atoms with E-state index in [1.165, 1.54) is 19.2 Å². The molecule has 0 aliphatic carbocycles. The Hall–Kier alpha value is -3.55. The Morgan fingerprint density at radius 1 is 0.640 bits per heavy atom. The quantitative estimate of drug-likeness (QED) is 0.0257. The van der Waals surface area contributed by atoms with Gasteiger partial charge < -0.3 is 14.9 Å². The van der Waals surface area contributed by atoms with Gasteiger partial charge >= 0.3 is 0 Å². The summed E-state index contributed by atoms with van der Waals surface area (Å²) in [6, 6.07) is 7.88. The molecule has 0 heterocycles. The number of methoxy groups -OCH3 is 1. The highest BCUT2D eigenvalue weighted by molar-refractivity contribution is 7.92. The van der Waals surface area contributed by atoms with Crippen LogP contribution >= 0.6 is 24.6 Å². The first-order chi connectivity index (χ1) is 23.6. The second-order valence-corrected chi connectivity index (χ2v) is 15.5. The maximum absolute atomic E-state index is 12.7. The van der Waals surface area contributed by atoms with Gasteiger partial charge in [-0.2, -0.15) is 8.42 Å². The molecule has 0 aliphatic rings. The number of nitrogens with zero attached hydrogens (tertiary/aromatic N) is 4. The van der Waals surface area contributed by atoms with Crippen LogP contribution in [0.25, 0.3) is 0 Å². The van der Waals surface area contributed by atoms with Crippen molar-refractivity contribution < 1.29 is 82.4 Å². The Balaban J connectivity index is 1.90. The second kappa shape index (κ2) is 18.6. The fourth-order valence-electron chi connectivity index (χ4n) is 3.50. The first kappa shape index (κ1) is 40.9. The third kappa shape index (κ3) is 11.8. The molecule has 274 valence electrons. The van der Waals surface area contributed by atoms with Gasteiger partial charge in [0.25, 0.3) is 10.1 Å². The lowest BCUT2D eigenvalue weighted by Gasteiger charge is -2.08. The van der Waals surface area contributed by atoms with E-state index >= 15 is 0 Å². The van der Waals surface area contributed by atoms with E-state index in [1.807, 2.05) is 0 Å². The Bertz CT molecular complexity index is 2030. The molecule has 0 saturated carbocycles. The van der Waals surface area contributed by atoms with E-state index < -0.39 is 80.6 Å². The van der Waals surface area contributed by atoms with Crippen molar-refractivity contribution in [2.24, 2.45) is 20.5 Å². The summed E-state index contributed by atoms with van der Waals surface area (Å²) in [4.78, 5) is -1.73. The maximum Gasteiger partial charge on any atom is 0.296 e. The van der Waals surface area contributed by atoms with Gasteiger partial charge in [-0.3, -0.25) is 12.9 Å². The van der Waals surface area contributed by atoms with Crippen molar-refractivity contribution in [2.45, 2.75) is 14.7 Å². The molecule has 0 aliphatic heterocycles. The van der Waals surface area contributed by atoms with E-state index in [1.54, 1.807) is 0 Å². The Labute approximate surface area is 291 Å². The monoisotopic (exact) mass is 804 g/mol. The largest absolute Gasteiger partial charge is 0.505 e. The normalized spacial score (nSPS) is 12.6. The molecule has 0 radical (unpaired) electrons. The van der Waals surface area contributed by atoms with Crippen LogP contribution in [0.2, 0.25) is 0 Å². The molecule has 3 aromatic rings. The van der Waals surface area contributed by atoms with E-state index in [0.29, 0.717) is 6.07 Å². The minimum atomic E-state index is -5.08. The average molecular weight is 805 g/mol. The van der Waals surface area contributed by atoms with Gasteiger partial charge in [0, 0.05) is 12.1 Å². The van der Waals surface area contributed by atoms with Gasteiger partial charge in [0.05, 0.1) is 41.6 Å². The number of hydrogen-bond donors (Lipinski definition) is 5. The van der Waals surface area contributed by atoms with Crippen LogP contribution in [0.3, 0.4) is 0 Å². The Morgan fingerprint density at radius 3 is 1.62 bits per heavy atom. The topological polar surface area (TPSA) is 318 Å². The van der Waals surface area contributed by atoms with E-state index in [0.717, 1.165) is 30.3 Å². The van der Waals surface area contributed by atoms with Gasteiger partial charge in [-0.15, -0.1) is 29.1 Å². The number of ether oxygens (including phenoxy) is 1. The SMILES string of the molecule is COc1ccc(S(=O)(=O)CCOSOOO)cc1/N=N/c1cc(/N=N/c2ccc(S(=O)(=O)CCOSOOO)cc2S(=O)(=O)O)c(O)cc1O. The van der Waals surface area contributed by atoms with Crippen LogP contribution in [0, 0.1) is 0 Å². The standard InChI is InChI=1S/C23H24N4O18S5/c1-39-22-5-3-14(48(32,33)8-6-40-46-44-42-30)10-19(22)27-26-18-12-17(20(28)13-21(18)29)25-24-16-4-2-15(11-23(16)50(36,37)38)49(34,35)9-7-41-47-45-43-31/h2-5,10-13,28-31H,6-9H2,1H3,(H,36,37,38)/b25-24+,27-26+. The number of hydrogen-bond acceptors (Lipinski definition) is 23. The molecule has 27 heteroatoms. The summed E-state index contributed by atoms with van der Waals surface area (Å²) in [6.07, 6.45) is 0. The van der Waals surface area contributed by atoms with Gasteiger partial charge in [-0.25, -0.2) is 27.4 Å². The smallest absolute Gasteiger partial charge is 0.296 e. The van der Waals surface area contributed by atoms with Crippen molar-refractivity contribution in [3.63, 3.8) is 0 Å². The van der Waals surface area contributed by atoms with Gasteiger partial charge in [-0.1, -0.05) is 10.1 Å². The highest BCUT2D eigenvalue weighted by Crippen LogP contribution is 2.41. The highest BCUT2D eigenvalue weighted by atomic mass is 32.2. The number of sulfone groups is 2. The van der Waals surface area contributed by atoms with Crippen molar-refractivity contribution in [3.8, 4) is 17.2 Å². The second-order valence-electron chi connectivity index (χ2n) is 8.87. The highest BCUT2D eigenvalue weighted by Gasteiger charge is 2.23. The Morgan fingerprint density at radius 2 is 1.12 bits per heavy atom. The van der Waals surface area contributed by atoms with Crippen molar-refractivity contribution >= 4 is 77.2 Å². The molecule has 0 saturated heterocycles. The van der Waals surface area contributed by atoms with Gasteiger partial charge in [0.1, 0.15) is 44.9 Å². The van der Waals surface area contributed by atoms with Crippen LogP contribution in [0.15, 0.2) is 83.7 Å². The maximum atomic E-state index is 12.7. The van der Waals surface area contributed by atoms with Gasteiger partial charge in [0.15, 0.2) is 44.3 Å². The van der Waals surface area contributed by atoms with Gasteiger partial charge in [-0.05, 0) is 36.4 Å². The molecule has 0 atom stereocenters. The minimum Gasteiger partial charge on any atom is -0.505 e. The predicted octanol–water partition coefficient (Wildman–Crippen LogP) is 4.73. The van der Waals surface area contributed by atoms with Crippen LogP contribution in [-0.2, 0) is 56.9 Å². The zero-order chi connectivity index (χ0) is 37.0. The molecule has 0 bridgehead atoms. The van der Waals surface area contributed by atoms with E-state index in [-0.39, 0.29) is 53.3 Å². The molecular formula is C23H24N4O18S5. The molecule has 0 fully saturated rings. The molecule has 5 N–H and O–H groups in total. The minimum absolute atomic E-state index is 0.0751. The molecule has 3 rings (SSSR count). The number of phenolic OH excluding ortho intramolecular Hbond substituents is 2. The molecular weight excluding hydrogens is 781 g/mol. The molecule has 3 aromatic carbocycles. The summed E-state index contributed by atoms with van der Waals surface area (Å²) in [6.45, 7) is -0.842. The van der Waals surface area contributed by atoms with Crippen molar-refractivity contribution in [1.82, 2.24) is 0 Å². The molecule has 50 heavy (non-hydrogen) atoms. The van der Waals surface area contributed by atoms with Crippen LogP contribution in [0.5, 0.6) is 17.2 Å². The first-order valence-electron chi connectivity index (χ1n) is 12.8. The third-order valence-corrected chi connectivity index (χ3v) is 10.8. The van der Waals surface area contributed by atoms with Crippen molar-refractivity contribution in [3.05, 3.63) is 48.5 Å². The fraction of sp³-hybridized carbons (Fsp3) is 0.217. The molecule has 0 amide bonds. The van der Waals surface area contributed by atoms with Crippen LogP contribution in [0.4, 0.5) is 22.7 Å². The molecule has 0 spiro atoms. The average Bonchev–Trinajstić information content (AvgIpc) is 3.06. The predicted molar refractivity (Wildman–Crippen MR) is 168 cm³/mol. The summed E-state index contributed by atoms with van der Waals surface area (Å²) in [7, 11) is -11.9. The summed E-state index contributed by atoms with van der Waals surface area (Å²) in [5, 5.41) is 58.6. The number of azo groups is 2. The molecule has 0 unspecified atom stereocenters. The third-order valence-electron chi connectivity index (χ3n) is 5.76. The summed E-state index contributed by atoms with van der Waals surface area (Å²) >= 11 is 0.317. The van der Waals surface area contributed by atoms with Crippen molar-refractivity contribution in [1.29, 1.82) is 0 Å². The number of aromatic hydroxyl groups is 2. The zero-order valence-electron chi connectivity index (χ0n) is 24.8. The van der Waals surface area contributed by atoms with Crippen LogP contribution in [0.1, 0.15) is 0 Å². The Kier molecular flexibility index (Phi) is 15.2. The number of rotatable bonds is 20. The lowest BCUT2D eigenvalue weighted by molar-refractivity contribution is -0.434. The fourth-order valence-corrected chi connectivity index (χ4v) is 7.09. The zero-order valence-corrected chi connectivity index (χ0v) is 28.9. The van der Waals surface area contributed by atoms with E-state index in [9.17, 15) is 40.0 Å². The summed E-state index contributed by atoms with van der Waals surface area (Å²) in [5.74, 6) is -2.42. The first-order valence-corrected chi connectivity index (χ1v) is 18.9. The van der Waals surface area contributed by atoms with Gasteiger partial charge in [0.2, 0.25) is 0 Å². The summed E-state index contributed by atoms with van der Waals surface area (Å²) in [5.41, 5.74) is -1.41. The van der Waals surface area contributed by atoms with E-state index in [2.05, 4.69) is 39.2 Å². The molecule has 22 nitrogen and oxygen atoms in total. The lowest BCUT2D eigenvalue weighted by atomic mass is 10.2. The van der Waals surface area contributed by atoms with E-state index in [4.69, 9.17) is 23.6 Å². The number of benzene rings is 3. The van der Waals surface area contributed by atoms with Crippen molar-refractivity contribution in [2.75, 3.05) is 31.8 Å². The lowest BCUT2D eigenvalue weighted by Crippen LogP contribution is -2.12. The summed E-state index contributed by atoms with van der Waals surface area (Å²) < 4.78 is 107. The van der Waals surface area contributed by atoms with Crippen LogP contribution in [-0.4, -0.2) is 82.4 Å².